The molecule has 0 fully saturated rings. The maximum atomic E-state index is 14.0. The van der Waals surface area contributed by atoms with Crippen molar-refractivity contribution in [1.82, 2.24) is 10.2 Å². The van der Waals surface area contributed by atoms with Gasteiger partial charge in [0.1, 0.15) is 12.6 Å². The minimum atomic E-state index is -4.23. The fourth-order valence-electron chi connectivity index (χ4n) is 4.05. The third-order valence-corrected chi connectivity index (χ3v) is 8.69. The van der Waals surface area contributed by atoms with Crippen LogP contribution in [0.1, 0.15) is 32.8 Å². The van der Waals surface area contributed by atoms with Gasteiger partial charge in [0.15, 0.2) is 0 Å². The molecule has 40 heavy (non-hydrogen) atoms. The number of nitrogens with one attached hydrogen (secondary N) is 1. The standard InChI is InChI=1S/C29H32Cl3N3O4S/c1-4-26(29(37)33-17-20(2)3)34(18-21-10-12-22(30)13-11-21)28(36)19-35(27-15-14-23(31)16-25(27)32)40(38,39)24-8-6-5-7-9-24/h5-16,20,26H,4,17-19H2,1-3H3,(H,33,37)/t26-/m1/s1. The Morgan fingerprint density at radius 1 is 0.900 bits per heavy atom. The summed E-state index contributed by atoms with van der Waals surface area (Å²) < 4.78 is 28.6. The Hall–Kier alpha value is -2.78. The van der Waals surface area contributed by atoms with Gasteiger partial charge < -0.3 is 10.2 Å². The molecule has 0 aromatic heterocycles. The van der Waals surface area contributed by atoms with Crippen LogP contribution in [0.15, 0.2) is 77.7 Å². The summed E-state index contributed by atoms with van der Waals surface area (Å²) in [5, 5.41) is 3.80. The van der Waals surface area contributed by atoms with E-state index in [1.807, 2.05) is 13.8 Å². The van der Waals surface area contributed by atoms with E-state index >= 15 is 0 Å². The zero-order valence-corrected chi connectivity index (χ0v) is 25.6. The summed E-state index contributed by atoms with van der Waals surface area (Å²) in [5.41, 5.74) is 0.821. The Kier molecular flexibility index (Phi) is 11.3. The van der Waals surface area contributed by atoms with Crippen LogP contribution in [0.4, 0.5) is 5.69 Å². The van der Waals surface area contributed by atoms with E-state index in [0.717, 1.165) is 9.87 Å². The number of benzene rings is 3. The molecular formula is C29H32Cl3N3O4S. The van der Waals surface area contributed by atoms with Crippen LogP contribution in [0.25, 0.3) is 0 Å². The van der Waals surface area contributed by atoms with Gasteiger partial charge in [-0.05, 0) is 60.4 Å². The van der Waals surface area contributed by atoms with Crippen molar-refractivity contribution in [2.24, 2.45) is 5.92 Å². The fraction of sp³-hybridized carbons (Fsp3) is 0.310. The van der Waals surface area contributed by atoms with Crippen molar-refractivity contribution in [2.75, 3.05) is 17.4 Å². The predicted octanol–water partition coefficient (Wildman–Crippen LogP) is 6.42. The molecule has 11 heteroatoms. The highest BCUT2D eigenvalue weighted by molar-refractivity contribution is 7.92. The van der Waals surface area contributed by atoms with E-state index in [9.17, 15) is 18.0 Å². The summed E-state index contributed by atoms with van der Waals surface area (Å²) in [7, 11) is -4.23. The highest BCUT2D eigenvalue weighted by Gasteiger charge is 2.34. The van der Waals surface area contributed by atoms with Gasteiger partial charge in [-0.25, -0.2) is 8.42 Å². The number of hydrogen-bond acceptors (Lipinski definition) is 4. The zero-order chi connectivity index (χ0) is 29.4. The van der Waals surface area contributed by atoms with Crippen molar-refractivity contribution in [3.8, 4) is 0 Å². The van der Waals surface area contributed by atoms with Gasteiger partial charge in [0.05, 0.1) is 15.6 Å². The number of rotatable bonds is 12. The molecule has 3 rings (SSSR count). The van der Waals surface area contributed by atoms with Gasteiger partial charge in [0.2, 0.25) is 11.8 Å². The largest absolute Gasteiger partial charge is 0.354 e. The minimum absolute atomic E-state index is 0.0141. The lowest BCUT2D eigenvalue weighted by atomic mass is 10.1. The highest BCUT2D eigenvalue weighted by Crippen LogP contribution is 2.33. The molecule has 0 aliphatic heterocycles. The molecule has 214 valence electrons. The average molecular weight is 625 g/mol. The lowest BCUT2D eigenvalue weighted by Gasteiger charge is -2.33. The number of sulfonamides is 1. The first-order valence-electron chi connectivity index (χ1n) is 12.8. The summed E-state index contributed by atoms with van der Waals surface area (Å²) in [6.07, 6.45) is 0.316. The van der Waals surface area contributed by atoms with Crippen molar-refractivity contribution in [3.63, 3.8) is 0 Å². The Morgan fingerprint density at radius 2 is 1.52 bits per heavy atom. The van der Waals surface area contributed by atoms with Crippen LogP contribution in [-0.2, 0) is 26.2 Å². The maximum absolute atomic E-state index is 14.0. The van der Waals surface area contributed by atoms with Crippen LogP contribution in [-0.4, -0.2) is 44.3 Å². The molecule has 1 N–H and O–H groups in total. The molecule has 0 saturated carbocycles. The summed E-state index contributed by atoms with van der Waals surface area (Å²) in [6, 6.07) is 18.2. The van der Waals surface area contributed by atoms with Crippen LogP contribution >= 0.6 is 34.8 Å². The topological polar surface area (TPSA) is 86.8 Å². The Balaban J connectivity index is 2.06. The second-order valence-electron chi connectivity index (χ2n) is 9.63. The van der Waals surface area contributed by atoms with E-state index < -0.39 is 28.5 Å². The maximum Gasteiger partial charge on any atom is 0.264 e. The lowest BCUT2D eigenvalue weighted by molar-refractivity contribution is -0.140. The Morgan fingerprint density at radius 3 is 2.10 bits per heavy atom. The van der Waals surface area contributed by atoms with E-state index in [1.165, 1.54) is 35.2 Å². The molecule has 0 bridgehead atoms. The van der Waals surface area contributed by atoms with Crippen LogP contribution in [0.5, 0.6) is 0 Å². The van der Waals surface area contributed by atoms with Crippen LogP contribution in [0, 0.1) is 5.92 Å². The van der Waals surface area contributed by atoms with E-state index in [-0.39, 0.29) is 34.0 Å². The third-order valence-electron chi connectivity index (χ3n) is 6.13. The molecule has 0 saturated heterocycles. The molecule has 2 amide bonds. The van der Waals surface area contributed by atoms with Gasteiger partial charge in [-0.3, -0.25) is 13.9 Å². The van der Waals surface area contributed by atoms with Gasteiger partial charge >= 0.3 is 0 Å². The van der Waals surface area contributed by atoms with Crippen molar-refractivity contribution < 1.29 is 18.0 Å². The smallest absolute Gasteiger partial charge is 0.264 e. The average Bonchev–Trinajstić information content (AvgIpc) is 2.92. The molecule has 0 spiro atoms. The van der Waals surface area contributed by atoms with Gasteiger partial charge in [0, 0.05) is 23.1 Å². The molecule has 0 radical (unpaired) electrons. The molecule has 0 unspecified atom stereocenters. The van der Waals surface area contributed by atoms with Crippen molar-refractivity contribution in [2.45, 2.75) is 44.7 Å². The first-order valence-corrected chi connectivity index (χ1v) is 15.4. The monoisotopic (exact) mass is 623 g/mol. The first-order chi connectivity index (χ1) is 18.9. The number of amides is 2. The number of carbonyl (C=O) groups is 2. The van der Waals surface area contributed by atoms with Crippen LogP contribution < -0.4 is 9.62 Å². The van der Waals surface area contributed by atoms with E-state index in [0.29, 0.717) is 23.0 Å². The summed E-state index contributed by atoms with van der Waals surface area (Å²) in [5.74, 6) is -0.687. The number of nitrogens with zero attached hydrogens (tertiary/aromatic N) is 2. The molecule has 0 aliphatic carbocycles. The molecule has 0 aliphatic rings. The molecule has 0 heterocycles. The third kappa shape index (κ3) is 8.13. The van der Waals surface area contributed by atoms with Gasteiger partial charge in [-0.2, -0.15) is 0 Å². The zero-order valence-electron chi connectivity index (χ0n) is 22.5. The Bertz CT molecular complexity index is 1420. The number of hydrogen-bond donors (Lipinski definition) is 1. The summed E-state index contributed by atoms with van der Waals surface area (Å²) >= 11 is 18.6. The molecule has 1 atom stereocenters. The van der Waals surface area contributed by atoms with E-state index in [4.69, 9.17) is 34.8 Å². The normalized spacial score (nSPS) is 12.2. The Labute approximate surface area is 251 Å². The van der Waals surface area contributed by atoms with Crippen LogP contribution in [0.2, 0.25) is 15.1 Å². The quantitative estimate of drug-likeness (QED) is 0.252. The SMILES string of the molecule is CC[C@H](C(=O)NCC(C)C)N(Cc1ccc(Cl)cc1)C(=O)CN(c1ccc(Cl)cc1Cl)S(=O)(=O)c1ccccc1. The number of halogens is 3. The highest BCUT2D eigenvalue weighted by atomic mass is 35.5. The number of carbonyl (C=O) groups excluding carboxylic acids is 2. The van der Waals surface area contributed by atoms with E-state index in [2.05, 4.69) is 5.32 Å². The summed E-state index contributed by atoms with van der Waals surface area (Å²) in [4.78, 5) is 28.7. The summed E-state index contributed by atoms with van der Waals surface area (Å²) in [6.45, 7) is 5.65. The lowest BCUT2D eigenvalue weighted by Crippen LogP contribution is -2.52. The van der Waals surface area contributed by atoms with Crippen molar-refractivity contribution >= 4 is 62.3 Å². The predicted molar refractivity (Wildman–Crippen MR) is 161 cm³/mol. The molecular weight excluding hydrogens is 593 g/mol. The van der Waals surface area contributed by atoms with Crippen LogP contribution in [0.3, 0.4) is 0 Å². The van der Waals surface area contributed by atoms with Gasteiger partial charge in [-0.1, -0.05) is 85.9 Å². The minimum Gasteiger partial charge on any atom is -0.354 e. The van der Waals surface area contributed by atoms with E-state index in [1.54, 1.807) is 49.4 Å². The van der Waals surface area contributed by atoms with Crippen molar-refractivity contribution in [1.29, 1.82) is 0 Å². The van der Waals surface area contributed by atoms with Gasteiger partial charge in [0.25, 0.3) is 10.0 Å². The van der Waals surface area contributed by atoms with Gasteiger partial charge in [-0.15, -0.1) is 0 Å². The fourth-order valence-corrected chi connectivity index (χ4v) is 6.19. The second kappa shape index (κ2) is 14.2. The molecule has 3 aromatic carbocycles. The van der Waals surface area contributed by atoms with Crippen molar-refractivity contribution in [3.05, 3.63) is 93.4 Å². The molecule has 3 aromatic rings. The number of anilines is 1. The first kappa shape index (κ1) is 31.7. The second-order valence-corrected chi connectivity index (χ2v) is 12.8. The molecule has 7 nitrogen and oxygen atoms in total.